The van der Waals surface area contributed by atoms with Crippen LogP contribution in [0.25, 0.3) is 10.8 Å². The Hall–Kier alpha value is -3.43. The Labute approximate surface area is 193 Å². The highest BCUT2D eigenvalue weighted by atomic mass is 32.2. The third-order valence-electron chi connectivity index (χ3n) is 5.93. The van der Waals surface area contributed by atoms with Crippen LogP contribution in [-0.2, 0) is 10.0 Å². The molecule has 1 saturated heterocycles. The van der Waals surface area contributed by atoms with E-state index in [9.17, 15) is 13.2 Å². The van der Waals surface area contributed by atoms with Crippen molar-refractivity contribution >= 4 is 38.2 Å². The maximum Gasteiger partial charge on any atom is 0.253 e. The maximum absolute atomic E-state index is 13.5. The van der Waals surface area contributed by atoms with Gasteiger partial charge in [0.2, 0.25) is 10.0 Å². The fourth-order valence-corrected chi connectivity index (χ4v) is 5.75. The van der Waals surface area contributed by atoms with Crippen LogP contribution in [0.15, 0.2) is 65.6 Å². The Morgan fingerprint density at radius 1 is 0.879 bits per heavy atom. The van der Waals surface area contributed by atoms with Crippen LogP contribution >= 0.6 is 0 Å². The van der Waals surface area contributed by atoms with E-state index in [1.165, 1.54) is 4.31 Å². The minimum absolute atomic E-state index is 0.0565. The van der Waals surface area contributed by atoms with Gasteiger partial charge in [-0.1, -0.05) is 36.4 Å². The minimum Gasteiger partial charge on any atom is -0.384 e. The second kappa shape index (κ2) is 8.84. The molecule has 3 N–H and O–H groups in total. The molecule has 1 aliphatic rings. The summed E-state index contributed by atoms with van der Waals surface area (Å²) in [6, 6.07) is 17.6. The number of nitrogens with one attached hydrogen (secondary N) is 1. The lowest BCUT2D eigenvalue weighted by molar-refractivity contribution is 0.0698. The molecule has 0 saturated carbocycles. The van der Waals surface area contributed by atoms with Crippen molar-refractivity contribution in [1.29, 1.82) is 5.41 Å². The molecule has 3 aromatic carbocycles. The fraction of sp³-hybridized carbons (Fsp3) is 0.250. The highest BCUT2D eigenvalue weighted by molar-refractivity contribution is 7.89. The summed E-state index contributed by atoms with van der Waals surface area (Å²) >= 11 is 0. The number of nitrogen functional groups attached to an aromatic ring is 1. The molecule has 3 aromatic rings. The second-order valence-electron chi connectivity index (χ2n) is 8.21. The number of amidine groups is 1. The van der Waals surface area contributed by atoms with Gasteiger partial charge in [0.05, 0.1) is 4.90 Å². The number of hydrogen-bond donors (Lipinski definition) is 2. The molecular formula is C24H27N5O3S. The molecule has 1 fully saturated rings. The van der Waals surface area contributed by atoms with E-state index >= 15 is 0 Å². The molecule has 33 heavy (non-hydrogen) atoms. The number of carbonyl (C=O) groups excluding carboxylic acids is 1. The van der Waals surface area contributed by atoms with Crippen molar-refractivity contribution in [2.75, 3.05) is 45.2 Å². The molecule has 0 spiro atoms. The summed E-state index contributed by atoms with van der Waals surface area (Å²) in [5, 5.41) is 9.03. The predicted molar refractivity (Wildman–Crippen MR) is 130 cm³/mol. The molecule has 0 radical (unpaired) electrons. The SMILES string of the molecule is CN(C)c1cccc2c(S(=O)(=O)N3CCN(C(=O)c4ccc(C(=N)N)cc4)CC3)cccc12. The van der Waals surface area contributed by atoms with Gasteiger partial charge in [-0.15, -0.1) is 0 Å². The van der Waals surface area contributed by atoms with Crippen LogP contribution in [0.4, 0.5) is 5.69 Å². The van der Waals surface area contributed by atoms with Crippen molar-refractivity contribution in [3.8, 4) is 0 Å². The van der Waals surface area contributed by atoms with Gasteiger partial charge in [-0.25, -0.2) is 8.42 Å². The molecule has 172 valence electrons. The first-order valence-electron chi connectivity index (χ1n) is 10.6. The maximum atomic E-state index is 13.5. The van der Waals surface area contributed by atoms with E-state index in [2.05, 4.69) is 0 Å². The largest absolute Gasteiger partial charge is 0.384 e. The average Bonchev–Trinajstić information content (AvgIpc) is 2.82. The van der Waals surface area contributed by atoms with Gasteiger partial charge in [0.15, 0.2) is 0 Å². The number of piperazine rings is 1. The summed E-state index contributed by atoms with van der Waals surface area (Å²) in [5.74, 6) is -0.220. The zero-order valence-electron chi connectivity index (χ0n) is 18.7. The van der Waals surface area contributed by atoms with E-state index in [0.29, 0.717) is 29.6 Å². The molecule has 0 atom stereocenters. The fourth-order valence-electron chi connectivity index (χ4n) is 4.13. The summed E-state index contributed by atoms with van der Waals surface area (Å²) in [6.45, 7) is 1.06. The normalized spacial score (nSPS) is 14.9. The lowest BCUT2D eigenvalue weighted by Gasteiger charge is -2.34. The Bertz CT molecular complexity index is 1310. The second-order valence-corrected chi connectivity index (χ2v) is 10.1. The zero-order valence-corrected chi connectivity index (χ0v) is 19.5. The highest BCUT2D eigenvalue weighted by Gasteiger charge is 2.31. The molecule has 0 aliphatic carbocycles. The number of sulfonamides is 1. The summed E-state index contributed by atoms with van der Waals surface area (Å²) in [6.07, 6.45) is 0. The number of fused-ring (bicyclic) bond motifs is 1. The van der Waals surface area contributed by atoms with E-state index in [1.807, 2.05) is 43.3 Å². The van der Waals surface area contributed by atoms with E-state index in [-0.39, 0.29) is 29.7 Å². The number of anilines is 1. The van der Waals surface area contributed by atoms with Crippen molar-refractivity contribution < 1.29 is 13.2 Å². The van der Waals surface area contributed by atoms with Crippen molar-refractivity contribution in [2.24, 2.45) is 5.73 Å². The van der Waals surface area contributed by atoms with Crippen molar-refractivity contribution in [1.82, 2.24) is 9.21 Å². The zero-order chi connectivity index (χ0) is 23.8. The molecule has 0 bridgehead atoms. The van der Waals surface area contributed by atoms with E-state index < -0.39 is 10.0 Å². The first-order valence-corrected chi connectivity index (χ1v) is 12.1. The van der Waals surface area contributed by atoms with Crippen LogP contribution in [0.2, 0.25) is 0 Å². The van der Waals surface area contributed by atoms with Gasteiger partial charge in [0.1, 0.15) is 5.84 Å². The molecule has 1 heterocycles. The van der Waals surface area contributed by atoms with Crippen LogP contribution in [0.1, 0.15) is 15.9 Å². The predicted octanol–water partition coefficient (Wildman–Crippen LogP) is 2.34. The Morgan fingerprint density at radius 2 is 1.45 bits per heavy atom. The standard InChI is InChI=1S/C24H27N5O3S/c1-27(2)21-7-3-6-20-19(21)5-4-8-22(20)33(31,32)29-15-13-28(14-16-29)24(30)18-11-9-17(10-12-18)23(25)26/h3-12H,13-16H2,1-2H3,(H3,25,26). The van der Waals surface area contributed by atoms with Gasteiger partial charge in [-0.05, 0) is 24.3 Å². The Kier molecular flexibility index (Phi) is 6.09. The Balaban J connectivity index is 1.53. The monoisotopic (exact) mass is 465 g/mol. The van der Waals surface area contributed by atoms with Crippen LogP contribution in [0.3, 0.4) is 0 Å². The first kappa shape index (κ1) is 22.8. The van der Waals surface area contributed by atoms with Gasteiger partial charge < -0.3 is 15.5 Å². The van der Waals surface area contributed by atoms with Gasteiger partial charge in [-0.2, -0.15) is 4.31 Å². The van der Waals surface area contributed by atoms with Gasteiger partial charge in [-0.3, -0.25) is 10.2 Å². The van der Waals surface area contributed by atoms with Gasteiger partial charge >= 0.3 is 0 Å². The van der Waals surface area contributed by atoms with Crippen LogP contribution in [0.5, 0.6) is 0 Å². The van der Waals surface area contributed by atoms with Crippen LogP contribution < -0.4 is 10.6 Å². The van der Waals surface area contributed by atoms with Crippen molar-refractivity contribution in [2.45, 2.75) is 4.90 Å². The minimum atomic E-state index is -3.72. The smallest absolute Gasteiger partial charge is 0.253 e. The number of rotatable bonds is 5. The molecule has 8 nitrogen and oxygen atoms in total. The van der Waals surface area contributed by atoms with E-state index in [4.69, 9.17) is 11.1 Å². The third kappa shape index (κ3) is 4.29. The number of carbonyl (C=O) groups is 1. The molecule has 1 amide bonds. The first-order chi connectivity index (χ1) is 15.7. The lowest BCUT2D eigenvalue weighted by Crippen LogP contribution is -2.50. The molecule has 4 rings (SSSR count). The molecular weight excluding hydrogens is 438 g/mol. The summed E-state index contributed by atoms with van der Waals surface area (Å²) in [4.78, 5) is 16.8. The van der Waals surface area contributed by atoms with E-state index in [0.717, 1.165) is 11.1 Å². The summed E-state index contributed by atoms with van der Waals surface area (Å²) < 4.78 is 28.5. The number of nitrogens with two attached hydrogens (primary N) is 1. The Morgan fingerprint density at radius 3 is 2.06 bits per heavy atom. The quantitative estimate of drug-likeness (QED) is 0.444. The highest BCUT2D eigenvalue weighted by Crippen LogP contribution is 2.32. The number of benzene rings is 3. The lowest BCUT2D eigenvalue weighted by atomic mass is 10.1. The van der Waals surface area contributed by atoms with Gasteiger partial charge in [0, 0.05) is 67.9 Å². The topological polar surface area (TPSA) is 111 Å². The van der Waals surface area contributed by atoms with E-state index in [1.54, 1.807) is 41.3 Å². The molecule has 0 unspecified atom stereocenters. The number of hydrogen-bond acceptors (Lipinski definition) is 5. The van der Waals surface area contributed by atoms with Crippen LogP contribution in [0, 0.1) is 5.41 Å². The van der Waals surface area contributed by atoms with Crippen molar-refractivity contribution in [3.63, 3.8) is 0 Å². The molecule has 9 heteroatoms. The van der Waals surface area contributed by atoms with Crippen molar-refractivity contribution in [3.05, 3.63) is 71.8 Å². The number of nitrogens with zero attached hydrogens (tertiary/aromatic N) is 3. The average molecular weight is 466 g/mol. The number of amides is 1. The van der Waals surface area contributed by atoms with Gasteiger partial charge in [0.25, 0.3) is 5.91 Å². The van der Waals surface area contributed by atoms with Crippen LogP contribution in [-0.4, -0.2) is 69.6 Å². The third-order valence-corrected chi connectivity index (χ3v) is 7.88. The molecule has 1 aliphatic heterocycles. The summed E-state index contributed by atoms with van der Waals surface area (Å²) in [7, 11) is 0.140. The summed E-state index contributed by atoms with van der Waals surface area (Å²) in [5.41, 5.74) is 7.46. The molecule has 0 aromatic heterocycles.